The van der Waals surface area contributed by atoms with Crippen LogP contribution in [0.5, 0.6) is 5.75 Å². The molecule has 2 atom stereocenters. The van der Waals surface area contributed by atoms with Crippen molar-refractivity contribution in [3.63, 3.8) is 0 Å². The van der Waals surface area contributed by atoms with E-state index in [9.17, 15) is 15.3 Å². The van der Waals surface area contributed by atoms with E-state index in [4.69, 9.17) is 4.74 Å². The maximum atomic E-state index is 10.8. The highest BCUT2D eigenvalue weighted by Crippen LogP contribution is 2.43. The van der Waals surface area contributed by atoms with Gasteiger partial charge in [0.05, 0.1) is 11.9 Å². The minimum absolute atomic E-state index is 0.0701. The minimum atomic E-state index is -0.639. The third-order valence-corrected chi connectivity index (χ3v) is 5.27. The summed E-state index contributed by atoms with van der Waals surface area (Å²) in [4.78, 5) is 0. The Morgan fingerprint density at radius 2 is 1.70 bits per heavy atom. The van der Waals surface area contributed by atoms with Gasteiger partial charge in [0.15, 0.2) is 0 Å². The fourth-order valence-corrected chi connectivity index (χ4v) is 4.16. The molecule has 0 aromatic heterocycles. The van der Waals surface area contributed by atoms with Crippen molar-refractivity contribution in [2.45, 2.75) is 45.6 Å². The number of aromatic hydroxyl groups is 1. The van der Waals surface area contributed by atoms with E-state index in [1.54, 1.807) is 12.1 Å². The van der Waals surface area contributed by atoms with Crippen LogP contribution in [0.2, 0.25) is 0 Å². The lowest BCUT2D eigenvalue weighted by molar-refractivity contribution is 0.0498. The first-order valence-corrected chi connectivity index (χ1v) is 8.45. The van der Waals surface area contributed by atoms with Crippen LogP contribution < -0.4 is 0 Å². The van der Waals surface area contributed by atoms with Crippen molar-refractivity contribution >= 4 is 5.57 Å². The number of aryl methyl sites for hydroxylation is 2. The molecule has 0 bridgehead atoms. The Hall–Kier alpha value is -1.52. The zero-order valence-electron chi connectivity index (χ0n) is 13.9. The molecule has 1 saturated heterocycles. The molecule has 0 spiro atoms. The highest BCUT2D eigenvalue weighted by molar-refractivity contribution is 5.77. The van der Waals surface area contributed by atoms with Gasteiger partial charge in [-0.25, -0.2) is 0 Å². The second-order valence-corrected chi connectivity index (χ2v) is 7.02. The number of phenols is 1. The molecule has 2 unspecified atom stereocenters. The monoisotopic (exact) mass is 318 g/mol. The van der Waals surface area contributed by atoms with Crippen LogP contribution in [-0.2, 0) is 4.74 Å². The average molecular weight is 318 g/mol. The molecule has 0 amide bonds. The third kappa shape index (κ3) is 3.24. The molecule has 1 aliphatic heterocycles. The summed E-state index contributed by atoms with van der Waals surface area (Å²) in [5.41, 5.74) is 3.30. The topological polar surface area (TPSA) is 69.9 Å². The first-order chi connectivity index (χ1) is 11.0. The molecule has 1 aromatic rings. The second kappa shape index (κ2) is 6.54. The summed E-state index contributed by atoms with van der Waals surface area (Å²) in [6.07, 6.45) is 2.90. The Labute approximate surface area is 137 Å². The molecule has 3 N–H and O–H groups in total. The van der Waals surface area contributed by atoms with Crippen LogP contribution >= 0.6 is 0 Å². The fourth-order valence-electron chi connectivity index (χ4n) is 4.16. The zero-order chi connectivity index (χ0) is 16.6. The smallest absolute Gasteiger partial charge is 0.116 e. The summed E-state index contributed by atoms with van der Waals surface area (Å²) in [6.45, 7) is 5.41. The summed E-state index contributed by atoms with van der Waals surface area (Å²) in [5, 5.41) is 31.0. The van der Waals surface area contributed by atoms with Crippen molar-refractivity contribution in [2.24, 2.45) is 11.8 Å². The Morgan fingerprint density at radius 3 is 2.30 bits per heavy atom. The largest absolute Gasteiger partial charge is 0.512 e. The fraction of sp³-hybridized carbons (Fsp3) is 0.579. The average Bonchev–Trinajstić information content (AvgIpc) is 2.75. The molecule has 3 rings (SSSR count). The van der Waals surface area contributed by atoms with Gasteiger partial charge in [-0.3, -0.25) is 0 Å². The van der Waals surface area contributed by atoms with E-state index in [0.29, 0.717) is 23.7 Å². The highest BCUT2D eigenvalue weighted by atomic mass is 16.5. The van der Waals surface area contributed by atoms with Gasteiger partial charge in [-0.15, -0.1) is 0 Å². The molecule has 0 radical (unpaired) electrons. The van der Waals surface area contributed by atoms with Crippen molar-refractivity contribution in [2.75, 3.05) is 13.2 Å². The summed E-state index contributed by atoms with van der Waals surface area (Å²) >= 11 is 0. The number of allylic oxidation sites excluding steroid dienone is 1. The summed E-state index contributed by atoms with van der Waals surface area (Å²) in [6, 6.07) is 3.36. The van der Waals surface area contributed by atoms with Gasteiger partial charge >= 0.3 is 0 Å². The molecule has 1 aliphatic carbocycles. The molecule has 0 saturated carbocycles. The molecule has 1 fully saturated rings. The van der Waals surface area contributed by atoms with E-state index >= 15 is 0 Å². The van der Waals surface area contributed by atoms with Crippen LogP contribution in [0.25, 0.3) is 5.57 Å². The highest BCUT2D eigenvalue weighted by Gasteiger charge is 2.37. The summed E-state index contributed by atoms with van der Waals surface area (Å²) in [7, 11) is 0. The van der Waals surface area contributed by atoms with Crippen molar-refractivity contribution in [3.8, 4) is 5.75 Å². The van der Waals surface area contributed by atoms with Gasteiger partial charge in [0.25, 0.3) is 0 Å². The van der Waals surface area contributed by atoms with Crippen molar-refractivity contribution in [3.05, 3.63) is 34.6 Å². The van der Waals surface area contributed by atoms with Gasteiger partial charge < -0.3 is 20.1 Å². The molecule has 4 nitrogen and oxygen atoms in total. The normalized spacial score (nSPS) is 26.0. The van der Waals surface area contributed by atoms with Gasteiger partial charge in [0, 0.05) is 25.2 Å². The van der Waals surface area contributed by atoms with Crippen LogP contribution in [0.3, 0.4) is 0 Å². The first-order valence-electron chi connectivity index (χ1n) is 8.45. The maximum absolute atomic E-state index is 10.8. The second-order valence-electron chi connectivity index (χ2n) is 7.02. The molecular formula is C19H26O4. The van der Waals surface area contributed by atoms with Gasteiger partial charge in [-0.05, 0) is 73.8 Å². The number of ether oxygens (including phenoxy) is 1. The van der Waals surface area contributed by atoms with E-state index in [1.807, 2.05) is 13.8 Å². The van der Waals surface area contributed by atoms with E-state index in [-0.39, 0.29) is 11.7 Å². The van der Waals surface area contributed by atoms with Crippen LogP contribution in [0.4, 0.5) is 0 Å². The van der Waals surface area contributed by atoms with Gasteiger partial charge in [-0.1, -0.05) is 0 Å². The van der Waals surface area contributed by atoms with E-state index < -0.39 is 6.10 Å². The van der Waals surface area contributed by atoms with E-state index in [0.717, 1.165) is 49.2 Å². The Morgan fingerprint density at radius 1 is 1.09 bits per heavy atom. The quantitative estimate of drug-likeness (QED) is 0.798. The van der Waals surface area contributed by atoms with Crippen molar-refractivity contribution in [1.29, 1.82) is 0 Å². The number of hydrogen-bond donors (Lipinski definition) is 3. The maximum Gasteiger partial charge on any atom is 0.116 e. The van der Waals surface area contributed by atoms with Crippen molar-refractivity contribution in [1.82, 2.24) is 0 Å². The number of aliphatic hydroxyl groups is 2. The predicted molar refractivity (Wildman–Crippen MR) is 89.4 cm³/mol. The number of rotatable bonds is 3. The summed E-state index contributed by atoms with van der Waals surface area (Å²) in [5.74, 6) is 1.15. The molecule has 2 aliphatic rings. The standard InChI is InChI=1S/C19H26O4/c1-11-7-15(20)8-12(2)17(11)18-16(21)10-14(19(18)22)9-13-3-5-23-6-4-13/h7-8,13-14,19-22H,3-6,9-10H2,1-2H3. The number of benzene rings is 1. The first kappa shape index (κ1) is 16.3. The SMILES string of the molecule is Cc1cc(O)cc(C)c1C1=C(O)CC(CC2CCOCC2)C1O. The number of hydrogen-bond acceptors (Lipinski definition) is 4. The number of phenolic OH excluding ortho intramolecular Hbond substituents is 1. The van der Waals surface area contributed by atoms with E-state index in [1.165, 1.54) is 0 Å². The third-order valence-electron chi connectivity index (χ3n) is 5.27. The minimum Gasteiger partial charge on any atom is -0.512 e. The van der Waals surface area contributed by atoms with Crippen LogP contribution in [-0.4, -0.2) is 34.6 Å². The Bertz CT molecular complexity index is 591. The Kier molecular flexibility index (Phi) is 4.64. The van der Waals surface area contributed by atoms with Crippen LogP contribution in [0.1, 0.15) is 42.4 Å². The Balaban J connectivity index is 1.82. The number of aliphatic hydroxyl groups excluding tert-OH is 2. The lowest BCUT2D eigenvalue weighted by Gasteiger charge is -2.27. The zero-order valence-corrected chi connectivity index (χ0v) is 13.9. The molecule has 23 heavy (non-hydrogen) atoms. The van der Waals surface area contributed by atoms with Gasteiger partial charge in [-0.2, -0.15) is 0 Å². The van der Waals surface area contributed by atoms with Gasteiger partial charge in [0.2, 0.25) is 0 Å². The lowest BCUT2D eigenvalue weighted by Crippen LogP contribution is -2.24. The molecule has 4 heteroatoms. The van der Waals surface area contributed by atoms with Crippen LogP contribution in [0.15, 0.2) is 17.9 Å². The predicted octanol–water partition coefficient (Wildman–Crippen LogP) is 3.48. The van der Waals surface area contributed by atoms with Gasteiger partial charge in [0.1, 0.15) is 5.75 Å². The van der Waals surface area contributed by atoms with Crippen LogP contribution in [0, 0.1) is 25.7 Å². The molecule has 1 heterocycles. The molecule has 1 aromatic carbocycles. The molecular weight excluding hydrogens is 292 g/mol. The van der Waals surface area contributed by atoms with Crippen molar-refractivity contribution < 1.29 is 20.1 Å². The lowest BCUT2D eigenvalue weighted by atomic mass is 9.84. The van der Waals surface area contributed by atoms with E-state index in [2.05, 4.69) is 0 Å². The molecule has 126 valence electrons. The summed E-state index contributed by atoms with van der Waals surface area (Å²) < 4.78 is 5.40.